The Kier molecular flexibility index (Phi) is 5.92. The zero-order chi connectivity index (χ0) is 10.3. The van der Waals surface area contributed by atoms with E-state index in [1.807, 2.05) is 12.1 Å². The van der Waals surface area contributed by atoms with Crippen molar-refractivity contribution < 1.29 is 10.2 Å². The Morgan fingerprint density at radius 2 is 1.12 bits per heavy atom. The van der Waals surface area contributed by atoms with E-state index >= 15 is 0 Å². The minimum atomic E-state index is -0.418. The molecule has 0 bridgehead atoms. The van der Waals surface area contributed by atoms with Crippen LogP contribution in [-0.2, 0) is 0 Å². The average Bonchev–Trinajstić information content (AvgIpc) is 2.11. The van der Waals surface area contributed by atoms with Gasteiger partial charge in [-0.15, -0.1) is 24.8 Å². The summed E-state index contributed by atoms with van der Waals surface area (Å²) in [4.78, 5) is 7.67. The molecule has 0 radical (unpaired) electrons. The summed E-state index contributed by atoms with van der Waals surface area (Å²) in [6.07, 6.45) is 0. The van der Waals surface area contributed by atoms with Crippen molar-refractivity contribution in [1.82, 2.24) is 9.97 Å². The second-order valence-electron chi connectivity index (χ2n) is 2.84. The zero-order valence-corrected chi connectivity index (χ0v) is 14.4. The molecule has 1 aromatic heterocycles. The van der Waals surface area contributed by atoms with Gasteiger partial charge in [0.2, 0.25) is 0 Å². The van der Waals surface area contributed by atoms with Gasteiger partial charge in [0.25, 0.3) is 0 Å². The van der Waals surface area contributed by atoms with Gasteiger partial charge in [0.05, 0.1) is 0 Å². The van der Waals surface area contributed by atoms with Crippen LogP contribution in [-0.4, -0.2) is 53.9 Å². The molecule has 2 atom stereocenters. The van der Waals surface area contributed by atoms with E-state index in [0.717, 1.165) is 0 Å². The number of aromatic hydroxyl groups is 2. The first-order valence-electron chi connectivity index (χ1n) is 3.82. The molecular formula is C8H10As2Cl2N2O2. The molecule has 88 valence electrons. The van der Waals surface area contributed by atoms with Crippen molar-refractivity contribution in [2.45, 2.75) is 0 Å². The summed E-state index contributed by atoms with van der Waals surface area (Å²) >= 11 is 3.02. The number of rotatable bonds is 0. The van der Waals surface area contributed by atoms with Crippen LogP contribution in [0.1, 0.15) is 0 Å². The van der Waals surface area contributed by atoms with Crippen LogP contribution in [0.3, 0.4) is 0 Å². The van der Waals surface area contributed by atoms with E-state index in [1.165, 1.54) is 42.4 Å². The van der Waals surface area contributed by atoms with Crippen molar-refractivity contribution in [2.75, 3.05) is 0 Å². The maximum atomic E-state index is 9.16. The van der Waals surface area contributed by atoms with E-state index < -0.39 is 11.8 Å². The first-order chi connectivity index (χ1) is 6.58. The molecular weight excluding hydrogens is 377 g/mol. The molecule has 16 heavy (non-hydrogen) atoms. The van der Waals surface area contributed by atoms with E-state index in [9.17, 15) is 0 Å². The van der Waals surface area contributed by atoms with Crippen LogP contribution in [0.2, 0.25) is 0 Å². The number of aromatic nitrogens is 2. The molecule has 2 aromatic rings. The number of hydrogen-bond acceptors (Lipinski definition) is 4. The van der Waals surface area contributed by atoms with E-state index in [0.29, 0.717) is 11.0 Å². The fourth-order valence-corrected chi connectivity index (χ4v) is 2.13. The number of halogens is 2. The van der Waals surface area contributed by atoms with Gasteiger partial charge >= 0.3 is 97.5 Å². The number of hydrogen-bond donors (Lipinski definition) is 2. The van der Waals surface area contributed by atoms with Crippen LogP contribution in [0.25, 0.3) is 11.0 Å². The predicted molar refractivity (Wildman–Crippen MR) is 73.7 cm³/mol. The second kappa shape index (κ2) is 5.97. The van der Waals surface area contributed by atoms with Crippen molar-refractivity contribution in [1.29, 1.82) is 0 Å². The summed E-state index contributed by atoms with van der Waals surface area (Å²) in [5.74, 6) is -0.836. The molecule has 1 aromatic carbocycles. The van der Waals surface area contributed by atoms with Gasteiger partial charge in [0, 0.05) is 0 Å². The third kappa shape index (κ3) is 2.95. The normalized spacial score (nSPS) is 9.38. The number of nitrogens with zero attached hydrogens (tertiary/aromatic N) is 2. The third-order valence-electron chi connectivity index (χ3n) is 1.83. The predicted octanol–water partition coefficient (Wildman–Crippen LogP) is -1.60. The Balaban J connectivity index is 0.00000112. The van der Waals surface area contributed by atoms with Gasteiger partial charge in [-0.2, -0.15) is 0 Å². The Hall–Kier alpha value is -0.143. The molecule has 2 unspecified atom stereocenters. The first-order valence-corrected chi connectivity index (χ1v) is 6.25. The van der Waals surface area contributed by atoms with E-state index in [1.54, 1.807) is 0 Å². The summed E-state index contributed by atoms with van der Waals surface area (Å²) in [5.41, 5.74) is 1.22. The van der Waals surface area contributed by atoms with Crippen LogP contribution in [0.5, 0.6) is 11.8 Å². The maximum absolute atomic E-state index is 9.16. The first kappa shape index (κ1) is 15.9. The molecule has 0 aliphatic heterocycles. The zero-order valence-electron chi connectivity index (χ0n) is 7.91. The fourth-order valence-electron chi connectivity index (χ4n) is 1.12. The van der Waals surface area contributed by atoms with Gasteiger partial charge in [-0.1, -0.05) is 0 Å². The fraction of sp³-hybridized carbons (Fsp3) is 0. The third-order valence-corrected chi connectivity index (χ3v) is 5.40. The Bertz CT molecular complexity index is 436. The number of benzene rings is 1. The van der Waals surface area contributed by atoms with E-state index in [4.69, 9.17) is 10.2 Å². The van der Waals surface area contributed by atoms with Gasteiger partial charge in [0.1, 0.15) is 0 Å². The van der Waals surface area contributed by atoms with Crippen LogP contribution < -0.4 is 8.70 Å². The van der Waals surface area contributed by atoms with Crippen LogP contribution in [0.4, 0.5) is 0 Å². The summed E-state index contributed by atoms with van der Waals surface area (Å²) in [6, 6.07) is 3.75. The number of fused-ring (bicyclic) bond motifs is 1. The molecule has 4 nitrogen and oxygen atoms in total. The minimum absolute atomic E-state index is 0. The van der Waals surface area contributed by atoms with Crippen molar-refractivity contribution in [2.24, 2.45) is 0 Å². The Morgan fingerprint density at radius 3 is 1.44 bits per heavy atom. The van der Waals surface area contributed by atoms with Crippen molar-refractivity contribution in [3.05, 3.63) is 12.1 Å². The molecule has 8 heteroatoms. The van der Waals surface area contributed by atoms with Crippen LogP contribution in [0.15, 0.2) is 12.1 Å². The summed E-state index contributed by atoms with van der Waals surface area (Å²) in [5, 5.41) is 18.3. The van der Waals surface area contributed by atoms with E-state index in [2.05, 4.69) is 9.97 Å². The van der Waals surface area contributed by atoms with Crippen molar-refractivity contribution >= 4 is 78.3 Å². The molecule has 0 saturated carbocycles. The molecule has 0 aliphatic rings. The summed E-state index contributed by atoms with van der Waals surface area (Å²) in [6.45, 7) is 0. The van der Waals surface area contributed by atoms with Gasteiger partial charge in [-0.25, -0.2) is 0 Å². The van der Waals surface area contributed by atoms with Gasteiger partial charge in [-0.05, 0) is 0 Å². The van der Waals surface area contributed by atoms with E-state index in [-0.39, 0.29) is 24.8 Å². The van der Waals surface area contributed by atoms with Crippen molar-refractivity contribution in [3.8, 4) is 11.8 Å². The molecule has 0 saturated heterocycles. The molecule has 0 fully saturated rings. The molecule has 0 amide bonds. The van der Waals surface area contributed by atoms with Gasteiger partial charge in [-0.3, -0.25) is 0 Å². The average molecular weight is 387 g/mol. The summed E-state index contributed by atoms with van der Waals surface area (Å²) in [7, 11) is 0. The molecule has 0 spiro atoms. The standard InChI is InChI=1S/C8H8As2N2O2.2ClH/c9-3-1-5-6(2-4(3)10)12-8(14)7(13)11-5;;/h1-2H,9-10H2,(H,11,13)(H,12,14);2*1H. The summed E-state index contributed by atoms with van der Waals surface area (Å²) < 4.78 is 2.34. The quantitative estimate of drug-likeness (QED) is 0.535. The Labute approximate surface area is 122 Å². The topological polar surface area (TPSA) is 66.2 Å². The molecule has 2 rings (SSSR count). The molecule has 1 heterocycles. The Morgan fingerprint density at radius 1 is 0.812 bits per heavy atom. The van der Waals surface area contributed by atoms with Gasteiger partial charge in [0.15, 0.2) is 0 Å². The second-order valence-corrected chi connectivity index (χ2v) is 5.45. The monoisotopic (exact) mass is 386 g/mol. The van der Waals surface area contributed by atoms with Crippen molar-refractivity contribution in [3.63, 3.8) is 0 Å². The SMILES string of the molecule is Cl.Cl.Oc1nc2cc([AsH2])c([AsH2])cc2nc1O. The molecule has 0 aliphatic carbocycles. The van der Waals surface area contributed by atoms with Crippen LogP contribution in [0, 0.1) is 0 Å². The van der Waals surface area contributed by atoms with Gasteiger partial charge < -0.3 is 0 Å². The van der Waals surface area contributed by atoms with Crippen LogP contribution >= 0.6 is 24.8 Å². The molecule has 2 N–H and O–H groups in total.